The van der Waals surface area contributed by atoms with Crippen molar-refractivity contribution in [3.05, 3.63) is 33.6 Å². The van der Waals surface area contributed by atoms with Crippen molar-refractivity contribution >= 4 is 21.7 Å². The van der Waals surface area contributed by atoms with E-state index in [4.69, 9.17) is 11.0 Å². The molecule has 17 heavy (non-hydrogen) atoms. The van der Waals surface area contributed by atoms with E-state index in [0.29, 0.717) is 21.7 Å². The van der Waals surface area contributed by atoms with Crippen LogP contribution in [0.2, 0.25) is 0 Å². The fourth-order valence-corrected chi connectivity index (χ4v) is 1.87. The Labute approximate surface area is 107 Å². The molecule has 0 spiro atoms. The first-order valence-corrected chi connectivity index (χ1v) is 5.71. The summed E-state index contributed by atoms with van der Waals surface area (Å²) in [7, 11) is 0. The summed E-state index contributed by atoms with van der Waals surface area (Å²) in [6.07, 6.45) is 1.69. The van der Waals surface area contributed by atoms with E-state index in [1.807, 2.05) is 19.9 Å². The van der Waals surface area contributed by atoms with E-state index >= 15 is 0 Å². The van der Waals surface area contributed by atoms with Crippen LogP contribution >= 0.6 is 15.9 Å². The maximum atomic E-state index is 9.15. The summed E-state index contributed by atoms with van der Waals surface area (Å²) in [6, 6.07) is 4.00. The minimum atomic E-state index is 0.370. The van der Waals surface area contributed by atoms with Crippen molar-refractivity contribution in [2.75, 3.05) is 5.73 Å². The molecule has 0 radical (unpaired) electrons. The van der Waals surface area contributed by atoms with Gasteiger partial charge in [-0.15, -0.1) is 5.10 Å². The predicted octanol–water partition coefficient (Wildman–Crippen LogP) is 2.10. The number of anilines is 1. The van der Waals surface area contributed by atoms with Gasteiger partial charge in [-0.3, -0.25) is 0 Å². The number of hydrogen-bond acceptors (Lipinski definition) is 4. The zero-order valence-corrected chi connectivity index (χ0v) is 11.0. The molecule has 0 amide bonds. The molecule has 6 heteroatoms. The van der Waals surface area contributed by atoms with Crippen LogP contribution in [0.15, 0.2) is 16.7 Å². The molecule has 0 aliphatic carbocycles. The Morgan fingerprint density at radius 1 is 1.47 bits per heavy atom. The van der Waals surface area contributed by atoms with Crippen molar-refractivity contribution in [2.45, 2.75) is 13.8 Å². The van der Waals surface area contributed by atoms with Gasteiger partial charge in [0.15, 0.2) is 11.6 Å². The molecule has 0 unspecified atom stereocenters. The van der Waals surface area contributed by atoms with Crippen LogP contribution in [-0.2, 0) is 0 Å². The molecule has 0 saturated heterocycles. The minimum Gasteiger partial charge on any atom is -0.381 e. The van der Waals surface area contributed by atoms with Crippen LogP contribution in [0.1, 0.15) is 16.8 Å². The Morgan fingerprint density at radius 3 is 2.71 bits per heavy atom. The molecule has 2 heterocycles. The average Bonchev–Trinajstić information content (AvgIpc) is 2.58. The first kappa shape index (κ1) is 11.6. The molecule has 86 valence electrons. The lowest BCUT2D eigenvalue weighted by Crippen LogP contribution is -2.05. The van der Waals surface area contributed by atoms with Crippen molar-refractivity contribution in [1.82, 2.24) is 14.8 Å². The largest absolute Gasteiger partial charge is 0.381 e. The number of halogens is 1. The Morgan fingerprint density at radius 2 is 2.18 bits per heavy atom. The molecule has 0 saturated carbocycles. The highest BCUT2D eigenvalue weighted by Crippen LogP contribution is 2.22. The third-order valence-electron chi connectivity index (χ3n) is 2.35. The topological polar surface area (TPSA) is 80.5 Å². The van der Waals surface area contributed by atoms with Gasteiger partial charge in [0.25, 0.3) is 0 Å². The molecule has 0 bridgehead atoms. The van der Waals surface area contributed by atoms with E-state index in [-0.39, 0.29) is 0 Å². The molecular weight excluding hydrogens is 282 g/mol. The molecule has 2 N–H and O–H groups in total. The standard InChI is InChI=1S/C11H10BrN5/c1-6-3-7(2)15-11(8(6)4-13)17-5-9(12)10(14)16-17/h3,5H,1-2H3,(H2,14,16). The van der Waals surface area contributed by atoms with Crippen LogP contribution in [0.25, 0.3) is 5.82 Å². The van der Waals surface area contributed by atoms with E-state index < -0.39 is 0 Å². The summed E-state index contributed by atoms with van der Waals surface area (Å²) in [5, 5.41) is 13.3. The van der Waals surface area contributed by atoms with E-state index in [2.05, 4.69) is 32.1 Å². The van der Waals surface area contributed by atoms with Crippen LogP contribution < -0.4 is 5.73 Å². The second-order valence-electron chi connectivity index (χ2n) is 3.70. The summed E-state index contributed by atoms with van der Waals surface area (Å²) in [5.41, 5.74) is 7.87. The van der Waals surface area contributed by atoms with E-state index in [1.54, 1.807) is 6.20 Å². The normalized spacial score (nSPS) is 10.2. The Balaban J connectivity index is 2.70. The van der Waals surface area contributed by atoms with Crippen molar-refractivity contribution in [3.63, 3.8) is 0 Å². The predicted molar refractivity (Wildman–Crippen MR) is 67.7 cm³/mol. The van der Waals surface area contributed by atoms with Gasteiger partial charge in [-0.05, 0) is 41.4 Å². The lowest BCUT2D eigenvalue weighted by atomic mass is 10.1. The third-order valence-corrected chi connectivity index (χ3v) is 2.96. The van der Waals surface area contributed by atoms with Crippen molar-refractivity contribution in [1.29, 1.82) is 5.26 Å². The number of aryl methyl sites for hydroxylation is 2. The van der Waals surface area contributed by atoms with Gasteiger partial charge in [-0.25, -0.2) is 9.67 Å². The molecule has 0 atom stereocenters. The van der Waals surface area contributed by atoms with Crippen LogP contribution in [0.3, 0.4) is 0 Å². The molecule has 0 aliphatic rings. The fourth-order valence-electron chi connectivity index (χ4n) is 1.60. The molecular formula is C11H10BrN5. The van der Waals surface area contributed by atoms with Gasteiger partial charge in [0.1, 0.15) is 6.07 Å². The van der Waals surface area contributed by atoms with E-state index in [1.165, 1.54) is 4.68 Å². The van der Waals surface area contributed by atoms with Crippen LogP contribution in [0.5, 0.6) is 0 Å². The third kappa shape index (κ3) is 2.01. The summed E-state index contributed by atoms with van der Waals surface area (Å²) in [5.74, 6) is 0.872. The first-order valence-electron chi connectivity index (χ1n) is 4.92. The zero-order chi connectivity index (χ0) is 12.6. The number of nitrogen functional groups attached to an aromatic ring is 1. The van der Waals surface area contributed by atoms with Gasteiger partial charge < -0.3 is 5.73 Å². The van der Waals surface area contributed by atoms with E-state index in [9.17, 15) is 0 Å². The van der Waals surface area contributed by atoms with Crippen LogP contribution in [-0.4, -0.2) is 14.8 Å². The number of nitrogens with zero attached hydrogens (tertiary/aromatic N) is 4. The Bertz CT molecular complexity index is 604. The number of aromatic nitrogens is 3. The smallest absolute Gasteiger partial charge is 0.171 e. The lowest BCUT2D eigenvalue weighted by Gasteiger charge is -2.06. The van der Waals surface area contributed by atoms with Gasteiger partial charge >= 0.3 is 0 Å². The van der Waals surface area contributed by atoms with Gasteiger partial charge in [0, 0.05) is 11.9 Å². The molecule has 2 rings (SSSR count). The molecule has 0 aromatic carbocycles. The van der Waals surface area contributed by atoms with E-state index in [0.717, 1.165) is 11.3 Å². The van der Waals surface area contributed by atoms with Crippen LogP contribution in [0, 0.1) is 25.2 Å². The minimum absolute atomic E-state index is 0.370. The highest BCUT2D eigenvalue weighted by atomic mass is 79.9. The maximum absolute atomic E-state index is 9.15. The number of rotatable bonds is 1. The van der Waals surface area contributed by atoms with Crippen molar-refractivity contribution in [3.8, 4) is 11.9 Å². The average molecular weight is 292 g/mol. The first-order chi connectivity index (χ1) is 8.02. The number of nitriles is 1. The second kappa shape index (κ2) is 4.18. The van der Waals surface area contributed by atoms with Crippen molar-refractivity contribution in [2.24, 2.45) is 0 Å². The highest BCUT2D eigenvalue weighted by molar-refractivity contribution is 9.10. The molecule has 2 aromatic heterocycles. The van der Waals surface area contributed by atoms with Gasteiger partial charge in [-0.2, -0.15) is 5.26 Å². The molecule has 2 aromatic rings. The summed E-state index contributed by atoms with van der Waals surface area (Å²) in [4.78, 5) is 4.33. The van der Waals surface area contributed by atoms with Crippen LogP contribution in [0.4, 0.5) is 5.82 Å². The van der Waals surface area contributed by atoms with Gasteiger partial charge in [0.2, 0.25) is 0 Å². The van der Waals surface area contributed by atoms with Gasteiger partial charge in [-0.1, -0.05) is 0 Å². The van der Waals surface area contributed by atoms with Crippen molar-refractivity contribution < 1.29 is 0 Å². The number of nitrogens with two attached hydrogens (primary N) is 1. The Hall–Kier alpha value is -1.87. The summed E-state index contributed by atoms with van der Waals surface area (Å²) < 4.78 is 2.19. The molecule has 5 nitrogen and oxygen atoms in total. The summed E-state index contributed by atoms with van der Waals surface area (Å²) >= 11 is 3.28. The Kier molecular flexibility index (Phi) is 2.86. The zero-order valence-electron chi connectivity index (χ0n) is 9.40. The summed E-state index contributed by atoms with van der Waals surface area (Å²) in [6.45, 7) is 3.75. The molecule has 0 fully saturated rings. The lowest BCUT2D eigenvalue weighted by molar-refractivity contribution is 0.838. The second-order valence-corrected chi connectivity index (χ2v) is 4.55. The number of pyridine rings is 1. The maximum Gasteiger partial charge on any atom is 0.171 e. The SMILES string of the molecule is Cc1cc(C)c(C#N)c(-n2cc(Br)c(N)n2)n1. The fraction of sp³-hybridized carbons (Fsp3) is 0.182. The monoisotopic (exact) mass is 291 g/mol. The molecule has 0 aliphatic heterocycles. The number of hydrogen-bond donors (Lipinski definition) is 1. The quantitative estimate of drug-likeness (QED) is 0.872. The van der Waals surface area contributed by atoms with Gasteiger partial charge in [0.05, 0.1) is 10.0 Å². The highest BCUT2D eigenvalue weighted by Gasteiger charge is 2.13.